The molecule has 0 bridgehead atoms. The van der Waals surface area contributed by atoms with E-state index >= 15 is 0 Å². The lowest BCUT2D eigenvalue weighted by Crippen LogP contribution is -2.09. The lowest BCUT2D eigenvalue weighted by atomic mass is 10.2. The normalized spacial score (nSPS) is 12.6. The largest absolute Gasteiger partial charge is 0.301 e. The maximum atomic E-state index is 12.0. The van der Waals surface area contributed by atoms with Crippen LogP contribution in [0.15, 0.2) is 9.95 Å². The molecule has 0 amide bonds. The second kappa shape index (κ2) is 5.12. The van der Waals surface area contributed by atoms with Crippen LogP contribution in [0.4, 0.5) is 0 Å². The third kappa shape index (κ3) is 2.42. The van der Waals surface area contributed by atoms with Crippen LogP contribution in [0.25, 0.3) is 10.2 Å². The number of aromatic nitrogens is 2. The Balaban J connectivity index is 2.38. The molecular formula is C12H13N3OS2. The number of aryl methyl sites for hydroxylation is 2. The molecule has 0 aliphatic carbocycles. The number of hydrogen-bond donors (Lipinski definition) is 1. The Morgan fingerprint density at radius 3 is 2.94 bits per heavy atom. The molecule has 2 rings (SSSR count). The zero-order valence-corrected chi connectivity index (χ0v) is 12.0. The minimum atomic E-state index is -0.0889. The summed E-state index contributed by atoms with van der Waals surface area (Å²) < 4.78 is 0. The highest BCUT2D eigenvalue weighted by molar-refractivity contribution is 7.99. The Bertz CT molecular complexity index is 681. The molecular weight excluding hydrogens is 266 g/mol. The van der Waals surface area contributed by atoms with E-state index in [0.717, 1.165) is 15.3 Å². The maximum Gasteiger partial charge on any atom is 0.260 e. The summed E-state index contributed by atoms with van der Waals surface area (Å²) in [4.78, 5) is 21.1. The van der Waals surface area contributed by atoms with E-state index < -0.39 is 0 Å². The van der Waals surface area contributed by atoms with E-state index in [1.165, 1.54) is 23.1 Å². The molecule has 18 heavy (non-hydrogen) atoms. The average Bonchev–Trinajstić information content (AvgIpc) is 2.62. The Hall–Kier alpha value is -1.32. The van der Waals surface area contributed by atoms with Crippen molar-refractivity contribution in [1.29, 1.82) is 5.26 Å². The van der Waals surface area contributed by atoms with Crippen LogP contribution in [0.5, 0.6) is 0 Å². The van der Waals surface area contributed by atoms with Crippen LogP contribution in [0.3, 0.4) is 0 Å². The second-order valence-corrected chi connectivity index (χ2v) is 6.39. The molecule has 94 valence electrons. The maximum absolute atomic E-state index is 12.0. The van der Waals surface area contributed by atoms with Gasteiger partial charge in [-0.25, -0.2) is 4.98 Å². The minimum absolute atomic E-state index is 0.0530. The molecule has 4 nitrogen and oxygen atoms in total. The van der Waals surface area contributed by atoms with Crippen molar-refractivity contribution in [2.24, 2.45) is 5.92 Å². The van der Waals surface area contributed by atoms with Crippen molar-refractivity contribution in [1.82, 2.24) is 9.97 Å². The summed E-state index contributed by atoms with van der Waals surface area (Å²) in [6.45, 7) is 5.78. The molecule has 2 heterocycles. The van der Waals surface area contributed by atoms with Gasteiger partial charge < -0.3 is 4.98 Å². The van der Waals surface area contributed by atoms with E-state index in [0.29, 0.717) is 16.3 Å². The summed E-state index contributed by atoms with van der Waals surface area (Å²) in [5, 5.41) is 10.0. The molecule has 0 radical (unpaired) electrons. The third-order valence-electron chi connectivity index (χ3n) is 2.71. The average molecular weight is 279 g/mol. The summed E-state index contributed by atoms with van der Waals surface area (Å²) in [5.41, 5.74) is 0.916. The molecule has 0 aliphatic rings. The van der Waals surface area contributed by atoms with Gasteiger partial charge in [0.1, 0.15) is 4.83 Å². The molecule has 2 aromatic rings. The lowest BCUT2D eigenvalue weighted by molar-refractivity contribution is 0.857. The van der Waals surface area contributed by atoms with Crippen molar-refractivity contribution in [3.63, 3.8) is 0 Å². The monoisotopic (exact) mass is 279 g/mol. The third-order valence-corrected chi connectivity index (χ3v) is 4.94. The highest BCUT2D eigenvalue weighted by Crippen LogP contribution is 2.27. The van der Waals surface area contributed by atoms with Crippen molar-refractivity contribution < 1.29 is 0 Å². The lowest BCUT2D eigenvalue weighted by Gasteiger charge is -2.01. The summed E-state index contributed by atoms with van der Waals surface area (Å²) in [5.74, 6) is 0.580. The first-order valence-corrected chi connectivity index (χ1v) is 7.35. The van der Waals surface area contributed by atoms with Gasteiger partial charge in [-0.1, -0.05) is 11.8 Å². The van der Waals surface area contributed by atoms with Gasteiger partial charge in [-0.2, -0.15) is 5.26 Å². The smallest absolute Gasteiger partial charge is 0.260 e. The standard InChI is InChI=1S/C12H13N3OS2/c1-6(4-13)5-17-12-14-10(16)9-7(2)8(3)18-11(9)15-12/h6H,5H2,1-3H3,(H,14,15,16). The number of H-pyrrole nitrogens is 1. The van der Waals surface area contributed by atoms with Crippen LogP contribution in [-0.2, 0) is 0 Å². The van der Waals surface area contributed by atoms with Gasteiger partial charge in [0, 0.05) is 10.6 Å². The molecule has 0 saturated carbocycles. The van der Waals surface area contributed by atoms with Crippen LogP contribution < -0.4 is 5.56 Å². The van der Waals surface area contributed by atoms with E-state index in [-0.39, 0.29) is 11.5 Å². The predicted molar refractivity (Wildman–Crippen MR) is 75.2 cm³/mol. The van der Waals surface area contributed by atoms with E-state index in [9.17, 15) is 4.79 Å². The van der Waals surface area contributed by atoms with Crippen LogP contribution in [0.1, 0.15) is 17.4 Å². The number of nitrogens with one attached hydrogen (secondary N) is 1. The molecule has 0 aliphatic heterocycles. The SMILES string of the molecule is Cc1sc2nc(SCC(C)C#N)[nH]c(=O)c2c1C. The van der Waals surface area contributed by atoms with Gasteiger partial charge in [0.25, 0.3) is 5.56 Å². The zero-order chi connectivity index (χ0) is 13.3. The molecule has 0 saturated heterocycles. The molecule has 0 fully saturated rings. The van der Waals surface area contributed by atoms with E-state index in [1.807, 2.05) is 20.8 Å². The Kier molecular flexibility index (Phi) is 3.73. The second-order valence-electron chi connectivity index (χ2n) is 4.18. The van der Waals surface area contributed by atoms with Gasteiger partial charge in [0.05, 0.1) is 17.4 Å². The van der Waals surface area contributed by atoms with Crippen molar-refractivity contribution in [2.75, 3.05) is 5.75 Å². The number of fused-ring (bicyclic) bond motifs is 1. The summed E-state index contributed by atoms with van der Waals surface area (Å²) in [6, 6.07) is 2.16. The van der Waals surface area contributed by atoms with Gasteiger partial charge in [-0.15, -0.1) is 11.3 Å². The summed E-state index contributed by atoms with van der Waals surface area (Å²) in [7, 11) is 0. The Labute approximate surface area is 113 Å². The molecule has 1 unspecified atom stereocenters. The van der Waals surface area contributed by atoms with E-state index in [2.05, 4.69) is 16.0 Å². The first-order valence-electron chi connectivity index (χ1n) is 5.55. The van der Waals surface area contributed by atoms with Gasteiger partial charge in [0.15, 0.2) is 5.16 Å². The summed E-state index contributed by atoms with van der Waals surface area (Å²) in [6.07, 6.45) is 0. The van der Waals surface area contributed by atoms with Crippen LogP contribution in [-0.4, -0.2) is 15.7 Å². The van der Waals surface area contributed by atoms with Gasteiger partial charge in [-0.3, -0.25) is 4.79 Å². The van der Waals surface area contributed by atoms with Crippen molar-refractivity contribution in [3.05, 3.63) is 20.8 Å². The van der Waals surface area contributed by atoms with Crippen LogP contribution in [0.2, 0.25) is 0 Å². The fourth-order valence-corrected chi connectivity index (χ4v) is 3.44. The number of nitriles is 1. The van der Waals surface area contributed by atoms with Gasteiger partial charge >= 0.3 is 0 Å². The molecule has 0 spiro atoms. The van der Waals surface area contributed by atoms with Gasteiger partial charge in [0.2, 0.25) is 0 Å². The molecule has 2 aromatic heterocycles. The van der Waals surface area contributed by atoms with E-state index in [4.69, 9.17) is 5.26 Å². The van der Waals surface area contributed by atoms with Crippen molar-refractivity contribution in [3.8, 4) is 6.07 Å². The topological polar surface area (TPSA) is 69.5 Å². The number of hydrogen-bond acceptors (Lipinski definition) is 5. The van der Waals surface area contributed by atoms with Crippen molar-refractivity contribution in [2.45, 2.75) is 25.9 Å². The summed E-state index contributed by atoms with van der Waals surface area (Å²) >= 11 is 2.95. The number of thioether (sulfide) groups is 1. The molecule has 1 atom stereocenters. The number of thiophene rings is 1. The predicted octanol–water partition coefficient (Wildman–Crippen LogP) is 2.85. The Morgan fingerprint density at radius 1 is 1.56 bits per heavy atom. The van der Waals surface area contributed by atoms with Crippen molar-refractivity contribution >= 4 is 33.3 Å². The number of rotatable bonds is 3. The first-order chi connectivity index (χ1) is 8.52. The molecule has 6 heteroatoms. The Morgan fingerprint density at radius 2 is 2.28 bits per heavy atom. The van der Waals surface area contributed by atoms with Crippen LogP contribution >= 0.6 is 23.1 Å². The fourth-order valence-electron chi connectivity index (χ4n) is 1.54. The minimum Gasteiger partial charge on any atom is -0.301 e. The van der Waals surface area contributed by atoms with E-state index in [1.54, 1.807) is 0 Å². The highest BCUT2D eigenvalue weighted by Gasteiger charge is 2.12. The zero-order valence-electron chi connectivity index (χ0n) is 10.4. The number of nitrogens with zero attached hydrogens (tertiary/aromatic N) is 2. The quantitative estimate of drug-likeness (QED) is 0.693. The highest BCUT2D eigenvalue weighted by atomic mass is 32.2. The first kappa shape index (κ1) is 13.1. The fraction of sp³-hybridized carbons (Fsp3) is 0.417. The number of aromatic amines is 1. The molecule has 1 N–H and O–H groups in total. The van der Waals surface area contributed by atoms with Crippen LogP contribution in [0, 0.1) is 31.1 Å². The van der Waals surface area contributed by atoms with Gasteiger partial charge in [-0.05, 0) is 26.3 Å². The molecule has 0 aromatic carbocycles.